The molecule has 0 aromatic rings. The summed E-state index contributed by atoms with van der Waals surface area (Å²) in [7, 11) is -4.41. The van der Waals surface area contributed by atoms with Crippen molar-refractivity contribution in [2.75, 3.05) is 26.4 Å². The fourth-order valence-corrected chi connectivity index (χ4v) is 5.79. The zero-order valence-electron chi connectivity index (χ0n) is 33.7. The lowest BCUT2D eigenvalue weighted by Gasteiger charge is -2.19. The van der Waals surface area contributed by atoms with Gasteiger partial charge in [0.2, 0.25) is 0 Å². The molecule has 0 radical (unpaired) electrons. The van der Waals surface area contributed by atoms with Crippen LogP contribution in [0.2, 0.25) is 0 Å². The standard InChI is InChI=1S/C44H74NO8P/c1-3-5-7-9-11-13-15-17-19-20-21-22-23-25-27-29-31-33-35-37-44(47)53-42(41-52-54(48,49)51-39-38-45)40-50-43(46)36-34-32-30-28-26-24-18-16-14-12-10-8-6-4-2/h5,7,11,13,17,19,21-22,25,27,30-33,42H,3-4,6,8-10,12,14-16,18,20,23-24,26,28-29,34-41,45H2,1-2H3,(H,48,49)/b7-5-,13-11-,19-17-,22-21-,27-25-,32-30-,33-31-. The van der Waals surface area contributed by atoms with Crippen molar-refractivity contribution in [1.29, 1.82) is 0 Å². The highest BCUT2D eigenvalue weighted by molar-refractivity contribution is 7.47. The van der Waals surface area contributed by atoms with Crippen molar-refractivity contribution in [3.63, 3.8) is 0 Å². The monoisotopic (exact) mass is 776 g/mol. The minimum Gasteiger partial charge on any atom is -0.462 e. The Morgan fingerprint density at radius 1 is 0.574 bits per heavy atom. The van der Waals surface area contributed by atoms with Crippen LogP contribution in [0.1, 0.15) is 149 Å². The minimum atomic E-state index is -4.41. The number of hydrogen-bond acceptors (Lipinski definition) is 8. The second-order valence-corrected chi connectivity index (χ2v) is 14.6. The molecule has 3 N–H and O–H groups in total. The highest BCUT2D eigenvalue weighted by atomic mass is 31.2. The molecule has 0 heterocycles. The number of nitrogens with two attached hydrogens (primary N) is 1. The maximum atomic E-state index is 12.5. The van der Waals surface area contributed by atoms with Gasteiger partial charge in [0.25, 0.3) is 0 Å². The number of unbranched alkanes of at least 4 members (excludes halogenated alkanes) is 10. The molecule has 0 fully saturated rings. The fraction of sp³-hybridized carbons (Fsp3) is 0.636. The molecule has 54 heavy (non-hydrogen) atoms. The highest BCUT2D eigenvalue weighted by Gasteiger charge is 2.25. The number of carbonyl (C=O) groups excluding carboxylic acids is 2. The van der Waals surface area contributed by atoms with Crippen LogP contribution in [0.3, 0.4) is 0 Å². The predicted molar refractivity (Wildman–Crippen MR) is 224 cm³/mol. The van der Waals surface area contributed by atoms with Crippen LogP contribution in [-0.2, 0) is 32.7 Å². The van der Waals surface area contributed by atoms with Gasteiger partial charge in [-0.25, -0.2) is 4.57 Å². The average molecular weight is 776 g/mol. The topological polar surface area (TPSA) is 134 Å². The molecule has 0 amide bonds. The number of hydrogen-bond donors (Lipinski definition) is 2. The van der Waals surface area contributed by atoms with E-state index >= 15 is 0 Å². The first-order valence-electron chi connectivity index (χ1n) is 20.6. The van der Waals surface area contributed by atoms with Crippen molar-refractivity contribution < 1.29 is 37.6 Å². The first kappa shape index (κ1) is 51.2. The van der Waals surface area contributed by atoms with E-state index in [9.17, 15) is 19.0 Å². The molecule has 0 spiro atoms. The zero-order chi connectivity index (χ0) is 39.6. The molecule has 308 valence electrons. The summed E-state index contributed by atoms with van der Waals surface area (Å²) in [5.41, 5.74) is 5.33. The molecule has 2 atom stereocenters. The third-order valence-electron chi connectivity index (χ3n) is 8.04. The fourth-order valence-electron chi connectivity index (χ4n) is 5.03. The van der Waals surface area contributed by atoms with Crippen LogP contribution in [-0.4, -0.2) is 49.3 Å². The Kier molecular flexibility index (Phi) is 37.8. The lowest BCUT2D eigenvalue weighted by atomic mass is 10.1. The summed E-state index contributed by atoms with van der Waals surface area (Å²) < 4.78 is 32.6. The molecule has 0 rings (SSSR count). The van der Waals surface area contributed by atoms with Gasteiger partial charge in [-0.05, 0) is 64.2 Å². The Morgan fingerprint density at radius 3 is 1.54 bits per heavy atom. The summed E-state index contributed by atoms with van der Waals surface area (Å²) in [5, 5.41) is 0. The van der Waals surface area contributed by atoms with Crippen LogP contribution in [0.15, 0.2) is 85.1 Å². The quantitative estimate of drug-likeness (QED) is 0.0274. The molecule has 9 nitrogen and oxygen atoms in total. The Labute approximate surface area is 328 Å². The van der Waals surface area contributed by atoms with Gasteiger partial charge in [-0.1, -0.05) is 157 Å². The van der Waals surface area contributed by atoms with Crippen molar-refractivity contribution in [3.8, 4) is 0 Å². The Morgan fingerprint density at radius 2 is 1.02 bits per heavy atom. The molecular formula is C44H74NO8P. The Balaban J connectivity index is 4.38. The molecule has 0 aliphatic rings. The summed E-state index contributed by atoms with van der Waals surface area (Å²) in [6.45, 7) is 3.46. The maximum absolute atomic E-state index is 12.5. The maximum Gasteiger partial charge on any atom is 0.472 e. The zero-order valence-corrected chi connectivity index (χ0v) is 34.6. The molecule has 0 aliphatic heterocycles. The highest BCUT2D eigenvalue weighted by Crippen LogP contribution is 2.43. The van der Waals surface area contributed by atoms with Gasteiger partial charge in [-0.15, -0.1) is 0 Å². The van der Waals surface area contributed by atoms with Crippen molar-refractivity contribution in [2.24, 2.45) is 5.73 Å². The van der Waals surface area contributed by atoms with Gasteiger partial charge in [0.05, 0.1) is 13.2 Å². The second kappa shape index (κ2) is 39.9. The molecule has 0 aromatic heterocycles. The number of phosphoric ester groups is 1. The molecular weight excluding hydrogens is 701 g/mol. The van der Waals surface area contributed by atoms with Gasteiger partial charge < -0.3 is 20.1 Å². The largest absolute Gasteiger partial charge is 0.472 e. The Bertz CT molecular complexity index is 1160. The van der Waals surface area contributed by atoms with Crippen molar-refractivity contribution in [3.05, 3.63) is 85.1 Å². The van der Waals surface area contributed by atoms with Crippen LogP contribution in [0, 0.1) is 0 Å². The van der Waals surface area contributed by atoms with Gasteiger partial charge in [0, 0.05) is 19.4 Å². The number of ether oxygens (including phenoxy) is 2. The lowest BCUT2D eigenvalue weighted by molar-refractivity contribution is -0.161. The lowest BCUT2D eigenvalue weighted by Crippen LogP contribution is -2.29. The normalized spacial score (nSPS) is 14.2. The molecule has 0 saturated carbocycles. The van der Waals surface area contributed by atoms with Gasteiger partial charge in [0.15, 0.2) is 6.10 Å². The second-order valence-electron chi connectivity index (χ2n) is 13.1. The first-order valence-corrected chi connectivity index (χ1v) is 22.1. The van der Waals surface area contributed by atoms with E-state index < -0.39 is 32.5 Å². The number of phosphoric acid groups is 1. The molecule has 0 saturated heterocycles. The molecule has 0 bridgehead atoms. The number of carbonyl (C=O) groups is 2. The van der Waals surface area contributed by atoms with Crippen LogP contribution in [0.5, 0.6) is 0 Å². The predicted octanol–water partition coefficient (Wildman–Crippen LogP) is 11.7. The van der Waals surface area contributed by atoms with Gasteiger partial charge in [0.1, 0.15) is 6.61 Å². The van der Waals surface area contributed by atoms with Crippen LogP contribution >= 0.6 is 7.82 Å². The van der Waals surface area contributed by atoms with Gasteiger partial charge in [-0.2, -0.15) is 0 Å². The smallest absolute Gasteiger partial charge is 0.462 e. The summed E-state index contributed by atoms with van der Waals surface area (Å²) in [6.07, 6.45) is 49.3. The summed E-state index contributed by atoms with van der Waals surface area (Å²) in [6, 6.07) is 0. The molecule has 0 aromatic carbocycles. The van der Waals surface area contributed by atoms with E-state index in [2.05, 4.69) is 80.7 Å². The van der Waals surface area contributed by atoms with Gasteiger partial charge >= 0.3 is 19.8 Å². The molecule has 0 aliphatic carbocycles. The summed E-state index contributed by atoms with van der Waals surface area (Å²) >= 11 is 0. The SMILES string of the molecule is CC/C=C\C/C=C\C/C=C\C/C=C\C/C=C\C/C=C\CCC(=O)OC(COC(=O)CC/C=C\CCCCCCCCCCCC)COP(=O)(O)OCCN. The Hall–Kier alpha value is -2.81. The van der Waals surface area contributed by atoms with Crippen molar-refractivity contribution >= 4 is 19.8 Å². The van der Waals surface area contributed by atoms with E-state index in [4.69, 9.17) is 24.3 Å². The first-order chi connectivity index (χ1) is 26.3. The number of esters is 2. The van der Waals surface area contributed by atoms with Crippen LogP contribution in [0.4, 0.5) is 0 Å². The minimum absolute atomic E-state index is 0.0340. The van der Waals surface area contributed by atoms with Crippen LogP contribution in [0.25, 0.3) is 0 Å². The van der Waals surface area contributed by atoms with E-state index in [1.807, 2.05) is 18.2 Å². The molecule has 10 heteroatoms. The van der Waals surface area contributed by atoms with Gasteiger partial charge in [-0.3, -0.25) is 18.6 Å². The van der Waals surface area contributed by atoms with E-state index in [0.717, 1.165) is 51.4 Å². The third-order valence-corrected chi connectivity index (χ3v) is 9.03. The van der Waals surface area contributed by atoms with Crippen LogP contribution < -0.4 is 5.73 Å². The van der Waals surface area contributed by atoms with E-state index in [0.29, 0.717) is 12.8 Å². The third kappa shape index (κ3) is 38.9. The average Bonchev–Trinajstić information content (AvgIpc) is 3.16. The summed E-state index contributed by atoms with van der Waals surface area (Å²) in [4.78, 5) is 34.7. The van der Waals surface area contributed by atoms with E-state index in [-0.39, 0.29) is 32.6 Å². The number of rotatable bonds is 37. The van der Waals surface area contributed by atoms with Crippen molar-refractivity contribution in [1.82, 2.24) is 0 Å². The summed E-state index contributed by atoms with van der Waals surface area (Å²) in [5.74, 6) is -0.992. The number of allylic oxidation sites excluding steroid dienone is 14. The van der Waals surface area contributed by atoms with Crippen molar-refractivity contribution in [2.45, 2.75) is 155 Å². The van der Waals surface area contributed by atoms with E-state index in [1.165, 1.54) is 57.8 Å². The molecule has 2 unspecified atom stereocenters. The van der Waals surface area contributed by atoms with E-state index in [1.54, 1.807) is 0 Å².